The first kappa shape index (κ1) is 16.5. The molecule has 0 radical (unpaired) electrons. The standard InChI is InChI=1S/C18H33N3/c1-6-10-21-13-15(12-20-21)18(4,5)16-9-8-14(3)11-17(16)19-7-2/h12-14,16-17,19H,6-11H2,1-5H3. The van der Waals surface area contributed by atoms with Gasteiger partial charge in [-0.2, -0.15) is 5.10 Å². The van der Waals surface area contributed by atoms with Crippen molar-refractivity contribution < 1.29 is 0 Å². The van der Waals surface area contributed by atoms with Crippen LogP contribution in [0.5, 0.6) is 0 Å². The highest BCUT2D eigenvalue weighted by molar-refractivity contribution is 5.20. The zero-order valence-electron chi connectivity index (χ0n) is 14.5. The minimum Gasteiger partial charge on any atom is -0.314 e. The van der Waals surface area contributed by atoms with Crippen LogP contribution in [0.25, 0.3) is 0 Å². The molecule has 0 bridgehead atoms. The minimum atomic E-state index is 0.193. The van der Waals surface area contributed by atoms with Crippen molar-refractivity contribution in [1.29, 1.82) is 0 Å². The van der Waals surface area contributed by atoms with E-state index in [1.54, 1.807) is 0 Å². The Morgan fingerprint density at radius 1 is 1.33 bits per heavy atom. The molecule has 0 spiro atoms. The zero-order valence-corrected chi connectivity index (χ0v) is 14.5. The first-order valence-electron chi connectivity index (χ1n) is 8.75. The van der Waals surface area contributed by atoms with Gasteiger partial charge in [-0.25, -0.2) is 0 Å². The molecule has 1 heterocycles. The zero-order chi connectivity index (χ0) is 15.5. The van der Waals surface area contributed by atoms with Crippen LogP contribution in [-0.2, 0) is 12.0 Å². The van der Waals surface area contributed by atoms with Crippen LogP contribution < -0.4 is 5.32 Å². The van der Waals surface area contributed by atoms with Crippen molar-refractivity contribution in [3.8, 4) is 0 Å². The molecule has 1 aromatic rings. The van der Waals surface area contributed by atoms with Gasteiger partial charge in [0.25, 0.3) is 0 Å². The van der Waals surface area contributed by atoms with Gasteiger partial charge in [0.1, 0.15) is 0 Å². The van der Waals surface area contributed by atoms with Crippen LogP contribution in [0.15, 0.2) is 12.4 Å². The van der Waals surface area contributed by atoms with E-state index in [9.17, 15) is 0 Å². The van der Waals surface area contributed by atoms with Crippen molar-refractivity contribution in [1.82, 2.24) is 15.1 Å². The Balaban J connectivity index is 2.18. The molecule has 0 amide bonds. The van der Waals surface area contributed by atoms with Crippen molar-refractivity contribution in [3.63, 3.8) is 0 Å². The highest BCUT2D eigenvalue weighted by Gasteiger charge is 2.40. The third-order valence-electron chi connectivity index (χ3n) is 5.34. The number of hydrogen-bond donors (Lipinski definition) is 1. The Labute approximate surface area is 130 Å². The molecule has 1 aliphatic rings. The molecule has 3 heteroatoms. The second-order valence-electron chi connectivity index (χ2n) is 7.40. The van der Waals surface area contributed by atoms with Crippen LogP contribution in [0.3, 0.4) is 0 Å². The Hall–Kier alpha value is -0.830. The molecule has 3 nitrogen and oxygen atoms in total. The first-order chi connectivity index (χ1) is 9.98. The van der Waals surface area contributed by atoms with Gasteiger partial charge in [-0.1, -0.05) is 41.0 Å². The van der Waals surface area contributed by atoms with Crippen LogP contribution in [-0.4, -0.2) is 22.4 Å². The molecule has 3 atom stereocenters. The molecule has 2 rings (SSSR count). The predicted octanol–water partition coefficient (Wildman–Crippen LogP) is 3.99. The quantitative estimate of drug-likeness (QED) is 0.859. The lowest BCUT2D eigenvalue weighted by molar-refractivity contribution is 0.147. The third kappa shape index (κ3) is 3.68. The van der Waals surface area contributed by atoms with E-state index in [0.717, 1.165) is 25.4 Å². The molecular formula is C18H33N3. The summed E-state index contributed by atoms with van der Waals surface area (Å²) in [5.74, 6) is 1.55. The maximum atomic E-state index is 4.55. The summed E-state index contributed by atoms with van der Waals surface area (Å²) >= 11 is 0. The lowest BCUT2D eigenvalue weighted by Crippen LogP contribution is -2.48. The van der Waals surface area contributed by atoms with Crippen molar-refractivity contribution in [3.05, 3.63) is 18.0 Å². The molecule has 1 aromatic heterocycles. The van der Waals surface area contributed by atoms with E-state index in [4.69, 9.17) is 0 Å². The molecule has 1 fully saturated rings. The van der Waals surface area contributed by atoms with Gasteiger partial charge in [0, 0.05) is 18.8 Å². The highest BCUT2D eigenvalue weighted by atomic mass is 15.3. The minimum absolute atomic E-state index is 0.193. The molecule has 3 unspecified atom stereocenters. The van der Waals surface area contributed by atoms with E-state index in [2.05, 4.69) is 62.1 Å². The van der Waals surface area contributed by atoms with Gasteiger partial charge in [-0.15, -0.1) is 0 Å². The van der Waals surface area contributed by atoms with Crippen molar-refractivity contribution in [2.24, 2.45) is 11.8 Å². The normalized spacial score (nSPS) is 27.0. The average Bonchev–Trinajstić information content (AvgIpc) is 2.89. The maximum Gasteiger partial charge on any atom is 0.0527 e. The molecule has 0 saturated heterocycles. The van der Waals surface area contributed by atoms with Crippen LogP contribution in [0, 0.1) is 11.8 Å². The van der Waals surface area contributed by atoms with E-state index < -0.39 is 0 Å². The van der Waals surface area contributed by atoms with Gasteiger partial charge >= 0.3 is 0 Å². The summed E-state index contributed by atoms with van der Waals surface area (Å²) in [5.41, 5.74) is 1.59. The van der Waals surface area contributed by atoms with Crippen LogP contribution in [0.2, 0.25) is 0 Å². The fraction of sp³-hybridized carbons (Fsp3) is 0.833. The van der Waals surface area contributed by atoms with E-state index in [1.807, 2.05) is 0 Å². The van der Waals surface area contributed by atoms with Gasteiger partial charge in [0.05, 0.1) is 6.20 Å². The summed E-state index contributed by atoms with van der Waals surface area (Å²) in [6.45, 7) is 13.7. The number of hydrogen-bond acceptors (Lipinski definition) is 2. The Bertz CT molecular complexity index is 435. The molecule has 1 aliphatic carbocycles. The molecule has 0 aromatic carbocycles. The first-order valence-corrected chi connectivity index (χ1v) is 8.75. The summed E-state index contributed by atoms with van der Waals surface area (Å²) in [5, 5.41) is 8.29. The predicted molar refractivity (Wildman–Crippen MR) is 89.5 cm³/mol. The third-order valence-corrected chi connectivity index (χ3v) is 5.34. The van der Waals surface area contributed by atoms with Crippen LogP contribution in [0.4, 0.5) is 0 Å². The van der Waals surface area contributed by atoms with E-state index in [0.29, 0.717) is 12.0 Å². The van der Waals surface area contributed by atoms with Crippen molar-refractivity contribution in [2.75, 3.05) is 6.54 Å². The maximum absolute atomic E-state index is 4.55. The molecule has 1 saturated carbocycles. The highest BCUT2D eigenvalue weighted by Crippen LogP contribution is 2.42. The average molecular weight is 291 g/mol. The lowest BCUT2D eigenvalue weighted by Gasteiger charge is -2.44. The number of aromatic nitrogens is 2. The summed E-state index contributed by atoms with van der Waals surface area (Å²) in [4.78, 5) is 0. The Kier molecular flexibility index (Phi) is 5.48. The Morgan fingerprint density at radius 2 is 2.10 bits per heavy atom. The second-order valence-corrected chi connectivity index (χ2v) is 7.40. The van der Waals surface area contributed by atoms with Gasteiger partial charge in [-0.3, -0.25) is 4.68 Å². The lowest BCUT2D eigenvalue weighted by atomic mass is 9.64. The fourth-order valence-electron chi connectivity index (χ4n) is 3.99. The number of rotatable bonds is 6. The Morgan fingerprint density at radius 3 is 2.76 bits per heavy atom. The van der Waals surface area contributed by atoms with Gasteiger partial charge in [-0.05, 0) is 48.6 Å². The summed E-state index contributed by atoms with van der Waals surface area (Å²) in [7, 11) is 0. The molecule has 0 aliphatic heterocycles. The van der Waals surface area contributed by atoms with Crippen LogP contribution in [0.1, 0.15) is 65.9 Å². The van der Waals surface area contributed by atoms with E-state index >= 15 is 0 Å². The van der Waals surface area contributed by atoms with Crippen LogP contribution >= 0.6 is 0 Å². The van der Waals surface area contributed by atoms with Crippen molar-refractivity contribution in [2.45, 2.75) is 78.3 Å². The second kappa shape index (κ2) is 6.95. The van der Waals surface area contributed by atoms with Gasteiger partial charge in [0.2, 0.25) is 0 Å². The smallest absolute Gasteiger partial charge is 0.0527 e. The largest absolute Gasteiger partial charge is 0.314 e. The SMILES string of the molecule is CCCn1cc(C(C)(C)C2CCC(C)CC2NCC)cn1. The van der Waals surface area contributed by atoms with Gasteiger partial charge in [0.15, 0.2) is 0 Å². The number of nitrogens with zero attached hydrogens (tertiary/aromatic N) is 2. The number of nitrogens with one attached hydrogen (secondary N) is 1. The molecule has 1 N–H and O–H groups in total. The summed E-state index contributed by atoms with van der Waals surface area (Å²) in [6.07, 6.45) is 9.50. The molecule has 21 heavy (non-hydrogen) atoms. The fourth-order valence-corrected chi connectivity index (χ4v) is 3.99. The topological polar surface area (TPSA) is 29.9 Å². The monoisotopic (exact) mass is 291 g/mol. The summed E-state index contributed by atoms with van der Waals surface area (Å²) in [6, 6.07) is 0.642. The molecule has 120 valence electrons. The van der Waals surface area contributed by atoms with E-state index in [1.165, 1.54) is 24.8 Å². The number of aryl methyl sites for hydroxylation is 1. The van der Waals surface area contributed by atoms with Crippen molar-refractivity contribution >= 4 is 0 Å². The van der Waals surface area contributed by atoms with E-state index in [-0.39, 0.29) is 5.41 Å². The summed E-state index contributed by atoms with van der Waals surface area (Å²) < 4.78 is 2.10. The molecular weight excluding hydrogens is 258 g/mol. The van der Waals surface area contributed by atoms with Gasteiger partial charge < -0.3 is 5.32 Å².